The number of carboxylic acids is 1. The number of aromatic nitrogens is 2. The van der Waals surface area contributed by atoms with Gasteiger partial charge in [0, 0.05) is 18.4 Å². The highest BCUT2D eigenvalue weighted by molar-refractivity contribution is 8.13. The fraction of sp³-hybridized carbons (Fsp3) is 0.500. The molecular formula is C16H18N4O6S2. The molecule has 12 heteroatoms. The number of hydrogen-bond acceptors (Lipinski definition) is 9. The SMILES string of the molecule is CC[C@]1(NC(=O)Cc2nnco2)C(=O)N2C(C(=O)O)=C(CSC(C)=O)CS[C@@H]21. The zero-order valence-electron chi connectivity index (χ0n) is 15.1. The van der Waals surface area contributed by atoms with Crippen LogP contribution in [0.4, 0.5) is 0 Å². The molecule has 150 valence electrons. The summed E-state index contributed by atoms with van der Waals surface area (Å²) in [4.78, 5) is 49.6. The van der Waals surface area contributed by atoms with Crippen LogP contribution in [0.25, 0.3) is 0 Å². The standard InChI is InChI=1S/C16H18N4O6S2/c1-3-16(18-10(22)4-11-19-17-7-26-11)14(25)20-12(13(23)24)9(5-27-8(2)21)6-28-15(16)20/h7,15H,3-6H2,1-2H3,(H,18,22)(H,23,24)/t15-,16+/m1/s1. The first-order valence-electron chi connectivity index (χ1n) is 8.40. The summed E-state index contributed by atoms with van der Waals surface area (Å²) in [6, 6.07) is 0. The maximum atomic E-state index is 13.0. The van der Waals surface area contributed by atoms with Crippen molar-refractivity contribution in [1.82, 2.24) is 20.4 Å². The van der Waals surface area contributed by atoms with Crippen molar-refractivity contribution in [2.75, 3.05) is 11.5 Å². The van der Waals surface area contributed by atoms with Gasteiger partial charge in [-0.2, -0.15) is 0 Å². The Balaban J connectivity index is 1.81. The van der Waals surface area contributed by atoms with Gasteiger partial charge in [0.05, 0.1) is 0 Å². The number of rotatable bonds is 7. The van der Waals surface area contributed by atoms with Crippen LogP contribution in [-0.2, 0) is 25.6 Å². The van der Waals surface area contributed by atoms with Crippen molar-refractivity contribution in [3.05, 3.63) is 23.6 Å². The maximum absolute atomic E-state index is 13.0. The lowest BCUT2D eigenvalue weighted by Gasteiger charge is -2.57. The molecule has 3 rings (SSSR count). The summed E-state index contributed by atoms with van der Waals surface area (Å²) in [5, 5.41) is 18.9. The monoisotopic (exact) mass is 426 g/mol. The number of fused-ring (bicyclic) bond motifs is 1. The van der Waals surface area contributed by atoms with Crippen molar-refractivity contribution in [2.45, 2.75) is 37.6 Å². The van der Waals surface area contributed by atoms with Crippen molar-refractivity contribution < 1.29 is 28.7 Å². The van der Waals surface area contributed by atoms with E-state index < -0.39 is 28.7 Å². The Bertz CT molecular complexity index is 855. The molecule has 0 saturated carbocycles. The van der Waals surface area contributed by atoms with Gasteiger partial charge < -0.3 is 14.8 Å². The number of carbonyl (C=O) groups excluding carboxylic acids is 3. The Hall–Kier alpha value is -2.34. The van der Waals surface area contributed by atoms with E-state index >= 15 is 0 Å². The summed E-state index contributed by atoms with van der Waals surface area (Å²) in [6.07, 6.45) is 1.24. The van der Waals surface area contributed by atoms with Crippen molar-refractivity contribution in [1.29, 1.82) is 0 Å². The van der Waals surface area contributed by atoms with Gasteiger partial charge in [-0.05, 0) is 12.0 Å². The number of carboxylic acid groups (broad SMARTS) is 1. The minimum absolute atomic E-state index is 0.0993. The molecule has 28 heavy (non-hydrogen) atoms. The Morgan fingerprint density at radius 3 is 2.82 bits per heavy atom. The van der Waals surface area contributed by atoms with Gasteiger partial charge in [0.1, 0.15) is 23.0 Å². The second-order valence-electron chi connectivity index (χ2n) is 6.26. The fourth-order valence-corrected chi connectivity index (χ4v) is 5.53. The first-order valence-corrected chi connectivity index (χ1v) is 10.4. The van der Waals surface area contributed by atoms with Crippen LogP contribution in [0.3, 0.4) is 0 Å². The highest BCUT2D eigenvalue weighted by Gasteiger charge is 2.64. The zero-order valence-corrected chi connectivity index (χ0v) is 16.8. The second-order valence-corrected chi connectivity index (χ2v) is 8.48. The molecule has 2 aliphatic heterocycles. The Morgan fingerprint density at radius 2 is 2.25 bits per heavy atom. The van der Waals surface area contributed by atoms with Crippen molar-refractivity contribution in [3.63, 3.8) is 0 Å². The molecule has 3 heterocycles. The lowest BCUT2D eigenvalue weighted by molar-refractivity contribution is -0.159. The van der Waals surface area contributed by atoms with Crippen LogP contribution in [0.2, 0.25) is 0 Å². The van der Waals surface area contributed by atoms with E-state index in [0.29, 0.717) is 17.7 Å². The van der Waals surface area contributed by atoms with E-state index in [1.165, 1.54) is 23.6 Å². The molecule has 0 bridgehead atoms. The topological polar surface area (TPSA) is 143 Å². The molecule has 2 atom stereocenters. The average Bonchev–Trinajstić information content (AvgIpc) is 3.15. The normalized spacial score (nSPS) is 23.9. The fourth-order valence-electron chi connectivity index (χ4n) is 3.22. The first kappa shape index (κ1) is 20.4. The summed E-state index contributed by atoms with van der Waals surface area (Å²) in [7, 11) is 0. The molecular weight excluding hydrogens is 408 g/mol. The maximum Gasteiger partial charge on any atom is 0.352 e. The van der Waals surface area contributed by atoms with E-state index in [1.807, 2.05) is 0 Å². The number of amides is 2. The van der Waals surface area contributed by atoms with Crippen LogP contribution in [0, 0.1) is 0 Å². The second kappa shape index (κ2) is 7.95. The molecule has 1 fully saturated rings. The molecule has 2 N–H and O–H groups in total. The Kier molecular flexibility index (Phi) is 5.79. The van der Waals surface area contributed by atoms with Gasteiger partial charge >= 0.3 is 5.97 Å². The number of thioether (sulfide) groups is 2. The quantitative estimate of drug-likeness (QED) is 0.588. The van der Waals surface area contributed by atoms with Crippen LogP contribution in [0.1, 0.15) is 26.2 Å². The van der Waals surface area contributed by atoms with E-state index in [0.717, 1.165) is 18.2 Å². The molecule has 0 spiro atoms. The van der Waals surface area contributed by atoms with Crippen LogP contribution < -0.4 is 5.32 Å². The van der Waals surface area contributed by atoms with E-state index in [4.69, 9.17) is 4.42 Å². The van der Waals surface area contributed by atoms with Gasteiger partial charge in [0.15, 0.2) is 5.12 Å². The van der Waals surface area contributed by atoms with Gasteiger partial charge in [-0.3, -0.25) is 19.3 Å². The first-order chi connectivity index (χ1) is 13.3. The third kappa shape index (κ3) is 3.53. The molecule has 1 aromatic heterocycles. The smallest absolute Gasteiger partial charge is 0.352 e. The van der Waals surface area contributed by atoms with E-state index in [-0.39, 0.29) is 28.9 Å². The Labute approximate surface area is 168 Å². The lowest BCUT2D eigenvalue weighted by atomic mass is 9.83. The van der Waals surface area contributed by atoms with Crippen molar-refractivity contribution in [2.24, 2.45) is 0 Å². The molecule has 0 aromatic carbocycles. The highest BCUT2D eigenvalue weighted by Crippen LogP contribution is 2.48. The van der Waals surface area contributed by atoms with E-state index in [2.05, 4.69) is 15.5 Å². The number of carbonyl (C=O) groups is 4. The molecule has 0 radical (unpaired) electrons. The molecule has 0 unspecified atom stereocenters. The highest BCUT2D eigenvalue weighted by atomic mass is 32.2. The van der Waals surface area contributed by atoms with Crippen LogP contribution >= 0.6 is 23.5 Å². The molecule has 2 amide bonds. The van der Waals surface area contributed by atoms with Gasteiger partial charge in [-0.15, -0.1) is 22.0 Å². The van der Waals surface area contributed by atoms with Gasteiger partial charge in [-0.25, -0.2) is 4.79 Å². The molecule has 1 saturated heterocycles. The third-order valence-electron chi connectivity index (χ3n) is 4.54. The molecule has 0 aliphatic carbocycles. The molecule has 2 aliphatic rings. The number of hydrogen-bond donors (Lipinski definition) is 2. The summed E-state index contributed by atoms with van der Waals surface area (Å²) < 4.78 is 4.95. The minimum atomic E-state index is -1.22. The zero-order chi connectivity index (χ0) is 20.5. The Morgan fingerprint density at radius 1 is 1.50 bits per heavy atom. The summed E-state index contributed by atoms with van der Waals surface area (Å²) in [5.41, 5.74) is -0.774. The van der Waals surface area contributed by atoms with Crippen molar-refractivity contribution in [3.8, 4) is 0 Å². The van der Waals surface area contributed by atoms with Gasteiger partial charge in [0.25, 0.3) is 5.91 Å². The summed E-state index contributed by atoms with van der Waals surface area (Å²) in [5.74, 6) is -1.47. The molecule has 10 nitrogen and oxygen atoms in total. The van der Waals surface area contributed by atoms with Gasteiger partial charge in [-0.1, -0.05) is 18.7 Å². The summed E-state index contributed by atoms with van der Waals surface area (Å²) >= 11 is 2.37. The van der Waals surface area contributed by atoms with Crippen LogP contribution in [0.5, 0.6) is 0 Å². The minimum Gasteiger partial charge on any atom is -0.477 e. The van der Waals surface area contributed by atoms with E-state index in [9.17, 15) is 24.3 Å². The summed E-state index contributed by atoms with van der Waals surface area (Å²) in [6.45, 7) is 3.16. The third-order valence-corrected chi connectivity index (χ3v) is 6.88. The average molecular weight is 426 g/mol. The largest absolute Gasteiger partial charge is 0.477 e. The number of nitrogens with one attached hydrogen (secondary N) is 1. The number of nitrogens with zero attached hydrogens (tertiary/aromatic N) is 3. The lowest BCUT2D eigenvalue weighted by Crippen LogP contribution is -2.79. The predicted molar refractivity (Wildman–Crippen MR) is 100 cm³/mol. The number of β-lactam (4-membered cyclic amide) rings is 1. The predicted octanol–water partition coefficient (Wildman–Crippen LogP) is 0.411. The van der Waals surface area contributed by atoms with E-state index in [1.54, 1.807) is 6.92 Å². The van der Waals surface area contributed by atoms with Crippen molar-refractivity contribution >= 4 is 46.4 Å². The van der Waals surface area contributed by atoms with Crippen LogP contribution in [0.15, 0.2) is 22.1 Å². The number of aliphatic carboxylic acids is 1. The molecule has 1 aromatic rings. The van der Waals surface area contributed by atoms with Gasteiger partial charge in [0.2, 0.25) is 18.2 Å². The van der Waals surface area contributed by atoms with Crippen LogP contribution in [-0.4, -0.2) is 65.5 Å².